The second kappa shape index (κ2) is 11.0. The van der Waals surface area contributed by atoms with Crippen LogP contribution in [0.4, 0.5) is 0 Å². The van der Waals surface area contributed by atoms with Gasteiger partial charge in [0.15, 0.2) is 0 Å². The van der Waals surface area contributed by atoms with E-state index in [0.717, 1.165) is 11.1 Å². The molecule has 28 heavy (non-hydrogen) atoms. The van der Waals surface area contributed by atoms with E-state index in [1.165, 1.54) is 11.3 Å². The summed E-state index contributed by atoms with van der Waals surface area (Å²) < 4.78 is 0. The van der Waals surface area contributed by atoms with E-state index in [9.17, 15) is 19.6 Å². The summed E-state index contributed by atoms with van der Waals surface area (Å²) in [6.45, 7) is 3.87. The minimum absolute atomic E-state index is 0.174. The Hall–Kier alpha value is -2.16. The van der Waals surface area contributed by atoms with Crippen LogP contribution in [0.2, 0.25) is 0 Å². The van der Waals surface area contributed by atoms with Crippen molar-refractivity contribution in [3.05, 3.63) is 58.3 Å². The molecular formula is C20H27BN2O4S. The molecule has 2 rings (SSSR count). The summed E-state index contributed by atoms with van der Waals surface area (Å²) in [6, 6.07) is 10.5. The fourth-order valence-corrected chi connectivity index (χ4v) is 3.60. The van der Waals surface area contributed by atoms with Crippen LogP contribution in [-0.4, -0.2) is 41.0 Å². The highest BCUT2D eigenvalue weighted by molar-refractivity contribution is 7.08. The fourth-order valence-electron chi connectivity index (χ4n) is 2.93. The minimum Gasteiger partial charge on any atom is -0.426 e. The van der Waals surface area contributed by atoms with Crippen molar-refractivity contribution < 1.29 is 19.6 Å². The van der Waals surface area contributed by atoms with E-state index in [-0.39, 0.29) is 18.2 Å². The van der Waals surface area contributed by atoms with Gasteiger partial charge in [-0.2, -0.15) is 11.3 Å². The van der Waals surface area contributed by atoms with Gasteiger partial charge >= 0.3 is 7.12 Å². The van der Waals surface area contributed by atoms with Gasteiger partial charge in [-0.25, -0.2) is 0 Å². The predicted octanol–water partition coefficient (Wildman–Crippen LogP) is 1.56. The quantitative estimate of drug-likeness (QED) is 0.454. The second-order valence-corrected chi connectivity index (χ2v) is 8.06. The van der Waals surface area contributed by atoms with Crippen molar-refractivity contribution in [2.75, 3.05) is 0 Å². The standard InChI is InChI=1S/C20H27BN2O4S/c1-14(2)10-18(21(26)27)23-20(25)17(11-15-6-4-3-5-7-15)22-19(24)12-16-8-9-28-13-16/h3-9,13-14,17-18,26-27H,10-12H2,1-2H3,(H,22,24)(H,23,25)/t17-,18-/m0/s1. The number of carbonyl (C=O) groups is 2. The van der Waals surface area contributed by atoms with Gasteiger partial charge in [0.2, 0.25) is 11.8 Å². The van der Waals surface area contributed by atoms with E-state index < -0.39 is 25.0 Å². The summed E-state index contributed by atoms with van der Waals surface area (Å²) in [4.78, 5) is 25.3. The molecule has 2 aromatic rings. The van der Waals surface area contributed by atoms with Crippen molar-refractivity contribution in [3.63, 3.8) is 0 Å². The SMILES string of the molecule is CC(C)C[C@H](NC(=O)[C@H](Cc1ccccc1)NC(=O)Cc1ccsc1)B(O)O. The first-order chi connectivity index (χ1) is 13.3. The van der Waals surface area contributed by atoms with Gasteiger partial charge in [0, 0.05) is 6.42 Å². The zero-order chi connectivity index (χ0) is 20.5. The minimum atomic E-state index is -1.66. The van der Waals surface area contributed by atoms with Crippen molar-refractivity contribution in [1.29, 1.82) is 0 Å². The third kappa shape index (κ3) is 7.46. The van der Waals surface area contributed by atoms with E-state index in [1.54, 1.807) is 0 Å². The molecule has 0 aliphatic rings. The van der Waals surface area contributed by atoms with Crippen molar-refractivity contribution in [1.82, 2.24) is 10.6 Å². The lowest BCUT2D eigenvalue weighted by Gasteiger charge is -2.24. The second-order valence-electron chi connectivity index (χ2n) is 7.28. The number of hydrogen-bond acceptors (Lipinski definition) is 5. The van der Waals surface area contributed by atoms with Gasteiger partial charge in [-0.05, 0) is 40.3 Å². The van der Waals surface area contributed by atoms with Crippen LogP contribution in [0.25, 0.3) is 0 Å². The van der Waals surface area contributed by atoms with Crippen molar-refractivity contribution in [3.8, 4) is 0 Å². The van der Waals surface area contributed by atoms with Crippen LogP contribution in [0, 0.1) is 5.92 Å². The molecule has 1 aromatic heterocycles. The maximum Gasteiger partial charge on any atom is 0.475 e. The highest BCUT2D eigenvalue weighted by Crippen LogP contribution is 2.10. The van der Waals surface area contributed by atoms with Crippen molar-refractivity contribution in [2.24, 2.45) is 5.92 Å². The largest absolute Gasteiger partial charge is 0.475 e. The summed E-state index contributed by atoms with van der Waals surface area (Å²) in [7, 11) is -1.66. The lowest BCUT2D eigenvalue weighted by molar-refractivity contribution is -0.129. The molecule has 0 spiro atoms. The first-order valence-corrected chi connectivity index (χ1v) is 10.3. The first-order valence-electron chi connectivity index (χ1n) is 9.36. The Morgan fingerprint density at radius 3 is 2.36 bits per heavy atom. The molecule has 8 heteroatoms. The third-order valence-corrected chi connectivity index (χ3v) is 5.02. The monoisotopic (exact) mass is 402 g/mol. The van der Waals surface area contributed by atoms with Crippen molar-refractivity contribution >= 4 is 30.3 Å². The Morgan fingerprint density at radius 1 is 1.07 bits per heavy atom. The molecule has 2 amide bonds. The van der Waals surface area contributed by atoms with Gasteiger partial charge in [0.1, 0.15) is 6.04 Å². The molecule has 0 unspecified atom stereocenters. The van der Waals surface area contributed by atoms with E-state index in [1.807, 2.05) is 61.0 Å². The number of nitrogens with one attached hydrogen (secondary N) is 2. The first kappa shape index (κ1) is 22.1. The number of benzene rings is 1. The topological polar surface area (TPSA) is 98.7 Å². The van der Waals surface area contributed by atoms with E-state index in [2.05, 4.69) is 10.6 Å². The predicted molar refractivity (Wildman–Crippen MR) is 112 cm³/mol. The van der Waals surface area contributed by atoms with Gasteiger partial charge in [-0.1, -0.05) is 44.2 Å². The lowest BCUT2D eigenvalue weighted by atomic mass is 9.75. The van der Waals surface area contributed by atoms with Crippen LogP contribution in [0.1, 0.15) is 31.4 Å². The smallest absolute Gasteiger partial charge is 0.426 e. The lowest BCUT2D eigenvalue weighted by Crippen LogP contribution is -2.55. The average molecular weight is 402 g/mol. The van der Waals surface area contributed by atoms with Crippen LogP contribution in [0.5, 0.6) is 0 Å². The van der Waals surface area contributed by atoms with E-state index in [4.69, 9.17) is 0 Å². The number of thiophene rings is 1. The van der Waals surface area contributed by atoms with E-state index in [0.29, 0.717) is 12.8 Å². The Kier molecular flexibility index (Phi) is 8.69. The molecule has 150 valence electrons. The maximum absolute atomic E-state index is 12.8. The molecule has 0 radical (unpaired) electrons. The Morgan fingerprint density at radius 2 is 1.79 bits per heavy atom. The van der Waals surface area contributed by atoms with Crippen LogP contribution >= 0.6 is 11.3 Å². The molecule has 4 N–H and O–H groups in total. The molecular weight excluding hydrogens is 375 g/mol. The molecule has 0 aliphatic heterocycles. The summed E-state index contributed by atoms with van der Waals surface area (Å²) in [5, 5.41) is 28.4. The van der Waals surface area contributed by atoms with Crippen LogP contribution in [0.15, 0.2) is 47.2 Å². The average Bonchev–Trinajstić information content (AvgIpc) is 3.13. The highest BCUT2D eigenvalue weighted by atomic mass is 32.1. The third-order valence-electron chi connectivity index (χ3n) is 4.29. The zero-order valence-electron chi connectivity index (χ0n) is 16.2. The number of hydrogen-bond donors (Lipinski definition) is 4. The molecule has 1 heterocycles. The van der Waals surface area contributed by atoms with Crippen LogP contribution in [-0.2, 0) is 22.4 Å². The molecule has 0 aliphatic carbocycles. The number of carbonyl (C=O) groups excluding carboxylic acids is 2. The van der Waals surface area contributed by atoms with Crippen molar-refractivity contribution in [2.45, 2.75) is 45.1 Å². The number of amides is 2. The number of rotatable bonds is 10. The highest BCUT2D eigenvalue weighted by Gasteiger charge is 2.30. The summed E-state index contributed by atoms with van der Waals surface area (Å²) in [6.07, 6.45) is 0.933. The Balaban J connectivity index is 2.09. The maximum atomic E-state index is 12.8. The molecule has 0 bridgehead atoms. The molecule has 6 nitrogen and oxygen atoms in total. The van der Waals surface area contributed by atoms with Gasteiger partial charge < -0.3 is 20.7 Å². The molecule has 0 fully saturated rings. The summed E-state index contributed by atoms with van der Waals surface area (Å²) >= 11 is 1.51. The van der Waals surface area contributed by atoms with Gasteiger partial charge in [-0.3, -0.25) is 9.59 Å². The Bertz CT molecular complexity index is 738. The molecule has 1 aromatic carbocycles. The Labute approximate surface area is 170 Å². The van der Waals surface area contributed by atoms with Gasteiger partial charge in [0.25, 0.3) is 0 Å². The van der Waals surface area contributed by atoms with E-state index >= 15 is 0 Å². The van der Waals surface area contributed by atoms with Crippen LogP contribution < -0.4 is 10.6 Å². The summed E-state index contributed by atoms with van der Waals surface area (Å²) in [5.41, 5.74) is 1.80. The normalized spacial score (nSPS) is 13.0. The van der Waals surface area contributed by atoms with Crippen LogP contribution in [0.3, 0.4) is 0 Å². The van der Waals surface area contributed by atoms with Gasteiger partial charge in [0.05, 0.1) is 12.4 Å². The van der Waals surface area contributed by atoms with Gasteiger partial charge in [-0.15, -0.1) is 0 Å². The zero-order valence-corrected chi connectivity index (χ0v) is 17.0. The fraction of sp³-hybridized carbons (Fsp3) is 0.400. The molecule has 0 saturated heterocycles. The molecule has 0 saturated carbocycles. The molecule has 2 atom stereocenters. The summed E-state index contributed by atoms with van der Waals surface area (Å²) in [5.74, 6) is -1.30.